The number of aliphatic hydroxyl groups excluding tert-OH is 1. The summed E-state index contributed by atoms with van der Waals surface area (Å²) in [7, 11) is 0. The zero-order valence-electron chi connectivity index (χ0n) is 13.6. The number of hydrogen-bond acceptors (Lipinski definition) is 6. The Balaban J connectivity index is 1.61. The van der Waals surface area contributed by atoms with Crippen LogP contribution in [0.15, 0.2) is 12.4 Å². The number of amides is 2. The Morgan fingerprint density at radius 1 is 1.38 bits per heavy atom. The van der Waals surface area contributed by atoms with Crippen LogP contribution in [0.3, 0.4) is 0 Å². The summed E-state index contributed by atoms with van der Waals surface area (Å²) in [5.41, 5.74) is -1.05. The van der Waals surface area contributed by atoms with E-state index in [0.717, 1.165) is 18.7 Å². The summed E-state index contributed by atoms with van der Waals surface area (Å²) in [6, 6.07) is 0. The van der Waals surface area contributed by atoms with Crippen LogP contribution in [0.1, 0.15) is 48.3 Å². The number of nitrogens with one attached hydrogen (secondary N) is 1. The Kier molecular flexibility index (Phi) is 4.51. The highest BCUT2D eigenvalue weighted by Gasteiger charge is 2.42. The van der Waals surface area contributed by atoms with Crippen LogP contribution >= 0.6 is 0 Å². The summed E-state index contributed by atoms with van der Waals surface area (Å²) in [5, 5.41) is 23.2. The van der Waals surface area contributed by atoms with Gasteiger partial charge in [-0.2, -0.15) is 0 Å². The van der Waals surface area contributed by atoms with E-state index in [1.54, 1.807) is 0 Å². The van der Waals surface area contributed by atoms with Crippen molar-refractivity contribution >= 4 is 11.8 Å². The van der Waals surface area contributed by atoms with Gasteiger partial charge in [-0.1, -0.05) is 0 Å². The van der Waals surface area contributed by atoms with Crippen LogP contribution in [0.25, 0.3) is 0 Å². The highest BCUT2D eigenvalue weighted by Crippen LogP contribution is 2.37. The molecule has 3 rings (SSSR count). The predicted octanol–water partition coefficient (Wildman–Crippen LogP) is -0.572. The smallest absolute Gasteiger partial charge is 0.257 e. The number of carbonyl (C=O) groups excluding carboxylic acids is 2. The number of carbonyl (C=O) groups is 2. The Morgan fingerprint density at radius 3 is 2.58 bits per heavy atom. The first kappa shape index (κ1) is 16.8. The molecule has 0 bridgehead atoms. The first-order valence-corrected chi connectivity index (χ1v) is 8.15. The number of rotatable bonds is 4. The minimum atomic E-state index is -1.42. The Hall–Kier alpha value is -2.06. The number of likely N-dealkylation sites (tertiary alicyclic amines) is 1. The van der Waals surface area contributed by atoms with Gasteiger partial charge in [0.15, 0.2) is 0 Å². The van der Waals surface area contributed by atoms with Crippen molar-refractivity contribution in [3.8, 4) is 0 Å². The monoisotopic (exact) mass is 334 g/mol. The lowest BCUT2D eigenvalue weighted by atomic mass is 9.88. The van der Waals surface area contributed by atoms with Crippen molar-refractivity contribution in [2.75, 3.05) is 19.6 Å². The van der Waals surface area contributed by atoms with Gasteiger partial charge >= 0.3 is 0 Å². The molecule has 1 aromatic heterocycles. The van der Waals surface area contributed by atoms with Gasteiger partial charge in [-0.05, 0) is 19.3 Å². The second-order valence-electron chi connectivity index (χ2n) is 6.63. The van der Waals surface area contributed by atoms with Crippen molar-refractivity contribution in [2.45, 2.75) is 43.8 Å². The van der Waals surface area contributed by atoms with E-state index in [-0.39, 0.29) is 37.9 Å². The van der Waals surface area contributed by atoms with Crippen molar-refractivity contribution in [2.24, 2.45) is 0 Å². The van der Waals surface area contributed by atoms with Crippen molar-refractivity contribution in [1.82, 2.24) is 20.2 Å². The second-order valence-corrected chi connectivity index (χ2v) is 6.63. The molecule has 1 aromatic rings. The van der Waals surface area contributed by atoms with Crippen LogP contribution in [-0.4, -0.2) is 68.2 Å². The first-order chi connectivity index (χ1) is 11.4. The fraction of sp³-hybridized carbons (Fsp3) is 0.625. The van der Waals surface area contributed by atoms with Crippen LogP contribution < -0.4 is 5.32 Å². The molecule has 0 aromatic carbocycles. The Bertz CT molecular complexity index is 631. The minimum Gasteiger partial charge on any atom is -0.388 e. The summed E-state index contributed by atoms with van der Waals surface area (Å²) in [6.07, 6.45) is 4.28. The SMILES string of the molecule is CC(=O)NC[C@]1(O)CCN(C(=O)c2cnc(C3CC3)nc2)C[C@H]1O. The maximum Gasteiger partial charge on any atom is 0.257 e. The molecule has 0 radical (unpaired) electrons. The van der Waals surface area contributed by atoms with Crippen molar-refractivity contribution in [3.05, 3.63) is 23.8 Å². The summed E-state index contributed by atoms with van der Waals surface area (Å²) in [6.45, 7) is 1.60. The maximum atomic E-state index is 12.5. The number of β-amino-alcohol motifs (C(OH)–C–C–N with tert-alkyl or cyclic N) is 1. The highest BCUT2D eigenvalue weighted by molar-refractivity contribution is 5.93. The number of hydrogen-bond donors (Lipinski definition) is 3. The largest absolute Gasteiger partial charge is 0.388 e. The lowest BCUT2D eigenvalue weighted by molar-refractivity contribution is -0.127. The molecule has 2 amide bonds. The van der Waals surface area contributed by atoms with Gasteiger partial charge in [0.2, 0.25) is 5.91 Å². The molecule has 2 heterocycles. The van der Waals surface area contributed by atoms with Gasteiger partial charge in [-0.3, -0.25) is 9.59 Å². The zero-order valence-corrected chi connectivity index (χ0v) is 13.6. The third-order valence-corrected chi connectivity index (χ3v) is 4.62. The molecule has 24 heavy (non-hydrogen) atoms. The molecule has 8 nitrogen and oxygen atoms in total. The van der Waals surface area contributed by atoms with E-state index in [0.29, 0.717) is 11.5 Å². The lowest BCUT2D eigenvalue weighted by Gasteiger charge is -2.42. The van der Waals surface area contributed by atoms with Gasteiger partial charge in [0.25, 0.3) is 5.91 Å². The summed E-state index contributed by atoms with van der Waals surface area (Å²) in [4.78, 5) is 33.4. The third kappa shape index (κ3) is 3.54. The standard InChI is InChI=1S/C16H22N4O4/c1-10(21)19-9-16(24)4-5-20(8-13(16)22)15(23)12-6-17-14(18-7-12)11-2-3-11/h6-7,11,13,22,24H,2-5,8-9H2,1H3,(H,19,21)/t13-,16-/m1/s1. The van der Waals surface area contributed by atoms with Crippen LogP contribution in [0.5, 0.6) is 0 Å². The number of nitrogens with zero attached hydrogens (tertiary/aromatic N) is 3. The van der Waals surface area contributed by atoms with E-state index in [1.165, 1.54) is 24.2 Å². The maximum absolute atomic E-state index is 12.5. The van der Waals surface area contributed by atoms with Crippen LogP contribution in [0, 0.1) is 0 Å². The summed E-state index contributed by atoms with van der Waals surface area (Å²) in [5.74, 6) is 0.657. The van der Waals surface area contributed by atoms with Crippen LogP contribution in [0.2, 0.25) is 0 Å². The minimum absolute atomic E-state index is 0.000700. The summed E-state index contributed by atoms with van der Waals surface area (Å²) < 4.78 is 0. The number of aromatic nitrogens is 2. The van der Waals surface area contributed by atoms with Crippen LogP contribution in [0.4, 0.5) is 0 Å². The Morgan fingerprint density at radius 2 is 2.04 bits per heavy atom. The summed E-state index contributed by atoms with van der Waals surface area (Å²) >= 11 is 0. The zero-order chi connectivity index (χ0) is 17.3. The van der Waals surface area contributed by atoms with Gasteiger partial charge in [0.05, 0.1) is 5.56 Å². The van der Waals surface area contributed by atoms with Gasteiger partial charge < -0.3 is 20.4 Å². The quantitative estimate of drug-likeness (QED) is 0.679. The molecule has 2 aliphatic rings. The Labute approximate surface area is 139 Å². The molecule has 1 aliphatic carbocycles. The average Bonchev–Trinajstić information content (AvgIpc) is 3.40. The number of piperidine rings is 1. The molecule has 2 fully saturated rings. The molecule has 2 atom stereocenters. The van der Waals surface area contributed by atoms with Crippen LogP contribution in [-0.2, 0) is 4.79 Å². The van der Waals surface area contributed by atoms with Crippen molar-refractivity contribution in [1.29, 1.82) is 0 Å². The van der Waals surface area contributed by atoms with E-state index in [9.17, 15) is 19.8 Å². The molecule has 1 saturated carbocycles. The lowest BCUT2D eigenvalue weighted by Crippen LogP contribution is -2.61. The van der Waals surface area contributed by atoms with E-state index in [1.807, 2.05) is 0 Å². The molecule has 0 spiro atoms. The molecule has 3 N–H and O–H groups in total. The normalized spacial score (nSPS) is 27.0. The molecular formula is C16H22N4O4. The second kappa shape index (κ2) is 6.45. The molecule has 1 aliphatic heterocycles. The highest BCUT2D eigenvalue weighted by atomic mass is 16.3. The van der Waals surface area contributed by atoms with E-state index in [2.05, 4.69) is 15.3 Å². The van der Waals surface area contributed by atoms with Crippen molar-refractivity contribution < 1.29 is 19.8 Å². The van der Waals surface area contributed by atoms with E-state index >= 15 is 0 Å². The predicted molar refractivity (Wildman–Crippen MR) is 84.2 cm³/mol. The first-order valence-electron chi connectivity index (χ1n) is 8.15. The molecule has 130 valence electrons. The molecule has 8 heteroatoms. The number of aliphatic hydroxyl groups is 2. The van der Waals surface area contributed by atoms with E-state index < -0.39 is 11.7 Å². The van der Waals surface area contributed by atoms with Gasteiger partial charge in [0.1, 0.15) is 17.5 Å². The van der Waals surface area contributed by atoms with Gasteiger partial charge in [-0.15, -0.1) is 0 Å². The fourth-order valence-corrected chi connectivity index (χ4v) is 2.82. The van der Waals surface area contributed by atoms with Gasteiger partial charge in [-0.25, -0.2) is 9.97 Å². The molecule has 1 saturated heterocycles. The topological polar surface area (TPSA) is 116 Å². The molecule has 0 unspecified atom stereocenters. The van der Waals surface area contributed by atoms with Crippen molar-refractivity contribution in [3.63, 3.8) is 0 Å². The fourth-order valence-electron chi connectivity index (χ4n) is 2.82. The third-order valence-electron chi connectivity index (χ3n) is 4.62. The average molecular weight is 334 g/mol. The molecular weight excluding hydrogens is 312 g/mol. The van der Waals surface area contributed by atoms with Gasteiger partial charge in [0, 0.05) is 44.9 Å². The van der Waals surface area contributed by atoms with E-state index in [4.69, 9.17) is 0 Å².